The first-order valence-corrected chi connectivity index (χ1v) is 6.56. The van der Waals surface area contributed by atoms with E-state index in [0.29, 0.717) is 5.92 Å². The van der Waals surface area contributed by atoms with Crippen LogP contribution in [0.15, 0.2) is 0 Å². The van der Waals surface area contributed by atoms with E-state index in [2.05, 4.69) is 6.92 Å². The van der Waals surface area contributed by atoms with Crippen LogP contribution in [-0.4, -0.2) is 17.6 Å². The molecule has 2 atom stereocenters. The van der Waals surface area contributed by atoms with E-state index in [-0.39, 0.29) is 12.5 Å². The third kappa shape index (κ3) is 4.52. The fraction of sp³-hybridized carbons (Fsp3) is 0.923. The normalized spacial score (nSPS) is 21.6. The quantitative estimate of drug-likeness (QED) is 0.733. The second-order valence-corrected chi connectivity index (χ2v) is 5.35. The van der Waals surface area contributed by atoms with Crippen molar-refractivity contribution in [2.45, 2.75) is 51.9 Å². The maximum absolute atomic E-state index is 10.9. The van der Waals surface area contributed by atoms with Gasteiger partial charge in [-0.15, -0.1) is 0 Å². The Balaban J connectivity index is 2.27. The molecule has 3 heteroatoms. The van der Waals surface area contributed by atoms with Crippen molar-refractivity contribution in [1.29, 1.82) is 0 Å². The molecule has 0 bridgehead atoms. The standard InChI is InChI=1S/C13H25NO2/c1-10(8-12(9-14)13(15)16)7-11-5-3-2-4-6-11/h10-12H,2-9,14H2,1H3,(H,15,16)/t10-,12+/m0/s1. The van der Waals surface area contributed by atoms with Crippen LogP contribution in [0.1, 0.15) is 51.9 Å². The molecule has 0 unspecified atom stereocenters. The summed E-state index contributed by atoms with van der Waals surface area (Å²) in [6, 6.07) is 0. The van der Waals surface area contributed by atoms with E-state index >= 15 is 0 Å². The van der Waals surface area contributed by atoms with Gasteiger partial charge in [-0.25, -0.2) is 0 Å². The van der Waals surface area contributed by atoms with Crippen LogP contribution >= 0.6 is 0 Å². The molecule has 0 aliphatic heterocycles. The van der Waals surface area contributed by atoms with Crippen LogP contribution in [0.4, 0.5) is 0 Å². The zero-order chi connectivity index (χ0) is 12.0. The minimum absolute atomic E-state index is 0.268. The number of aliphatic carboxylic acids is 1. The zero-order valence-corrected chi connectivity index (χ0v) is 10.3. The van der Waals surface area contributed by atoms with Crippen LogP contribution < -0.4 is 5.73 Å². The molecule has 3 N–H and O–H groups in total. The fourth-order valence-electron chi connectivity index (χ4n) is 2.87. The molecular weight excluding hydrogens is 202 g/mol. The highest BCUT2D eigenvalue weighted by molar-refractivity contribution is 5.70. The van der Waals surface area contributed by atoms with Crippen molar-refractivity contribution >= 4 is 5.97 Å². The van der Waals surface area contributed by atoms with Crippen LogP contribution in [0, 0.1) is 17.8 Å². The summed E-state index contributed by atoms with van der Waals surface area (Å²) in [5, 5.41) is 8.95. The van der Waals surface area contributed by atoms with Gasteiger partial charge in [0.15, 0.2) is 0 Å². The van der Waals surface area contributed by atoms with Crippen molar-refractivity contribution in [3.63, 3.8) is 0 Å². The van der Waals surface area contributed by atoms with E-state index in [9.17, 15) is 4.79 Å². The average Bonchev–Trinajstić information content (AvgIpc) is 2.27. The Labute approximate surface area is 98.4 Å². The number of carbonyl (C=O) groups is 1. The van der Waals surface area contributed by atoms with Gasteiger partial charge in [-0.2, -0.15) is 0 Å². The molecule has 1 aliphatic carbocycles. The van der Waals surface area contributed by atoms with Crippen LogP contribution in [0.25, 0.3) is 0 Å². The summed E-state index contributed by atoms with van der Waals surface area (Å²) in [6.07, 6.45) is 8.69. The van der Waals surface area contributed by atoms with Crippen molar-refractivity contribution in [1.82, 2.24) is 0 Å². The maximum atomic E-state index is 10.9. The predicted octanol–water partition coefficient (Wildman–Crippen LogP) is 2.64. The van der Waals surface area contributed by atoms with Gasteiger partial charge in [0.05, 0.1) is 5.92 Å². The largest absolute Gasteiger partial charge is 0.481 e. The number of hydrogen-bond acceptors (Lipinski definition) is 2. The lowest BCUT2D eigenvalue weighted by Crippen LogP contribution is -2.26. The van der Waals surface area contributed by atoms with E-state index in [1.54, 1.807) is 0 Å². The topological polar surface area (TPSA) is 63.3 Å². The fourth-order valence-corrected chi connectivity index (χ4v) is 2.87. The lowest BCUT2D eigenvalue weighted by atomic mass is 9.81. The van der Waals surface area contributed by atoms with E-state index < -0.39 is 5.97 Å². The molecule has 0 heterocycles. The SMILES string of the molecule is C[C@@H](CC1CCCCC1)C[C@H](CN)C(=O)O. The van der Waals surface area contributed by atoms with Crippen molar-refractivity contribution in [3.8, 4) is 0 Å². The molecule has 1 rings (SSSR count). The summed E-state index contributed by atoms with van der Waals surface area (Å²) in [4.78, 5) is 10.9. The van der Waals surface area contributed by atoms with Gasteiger partial charge in [-0.3, -0.25) is 4.79 Å². The van der Waals surface area contributed by atoms with Crippen molar-refractivity contribution in [2.24, 2.45) is 23.5 Å². The molecule has 0 saturated heterocycles. The predicted molar refractivity (Wildman–Crippen MR) is 65.2 cm³/mol. The Morgan fingerprint density at radius 2 is 2.00 bits per heavy atom. The van der Waals surface area contributed by atoms with Gasteiger partial charge in [0.2, 0.25) is 0 Å². The number of rotatable bonds is 6. The van der Waals surface area contributed by atoms with Crippen LogP contribution in [-0.2, 0) is 4.79 Å². The third-order valence-corrected chi connectivity index (χ3v) is 3.78. The Morgan fingerprint density at radius 1 is 1.38 bits per heavy atom. The summed E-state index contributed by atoms with van der Waals surface area (Å²) >= 11 is 0. The average molecular weight is 227 g/mol. The summed E-state index contributed by atoms with van der Waals surface area (Å²) in [5.41, 5.74) is 5.47. The lowest BCUT2D eigenvalue weighted by molar-refractivity contribution is -0.142. The van der Waals surface area contributed by atoms with Gasteiger partial charge >= 0.3 is 5.97 Å². The first-order chi connectivity index (χ1) is 7.63. The molecule has 3 nitrogen and oxygen atoms in total. The van der Waals surface area contributed by atoms with E-state index in [4.69, 9.17) is 10.8 Å². The molecule has 1 saturated carbocycles. The van der Waals surface area contributed by atoms with Gasteiger partial charge in [0.1, 0.15) is 0 Å². The lowest BCUT2D eigenvalue weighted by Gasteiger charge is -2.25. The van der Waals surface area contributed by atoms with Crippen molar-refractivity contribution < 1.29 is 9.90 Å². The monoisotopic (exact) mass is 227 g/mol. The Morgan fingerprint density at radius 3 is 2.50 bits per heavy atom. The molecule has 0 spiro atoms. The molecule has 0 amide bonds. The minimum atomic E-state index is -0.738. The van der Waals surface area contributed by atoms with Crippen LogP contribution in [0.5, 0.6) is 0 Å². The minimum Gasteiger partial charge on any atom is -0.481 e. The molecule has 0 aromatic heterocycles. The number of nitrogens with two attached hydrogens (primary N) is 1. The highest BCUT2D eigenvalue weighted by Crippen LogP contribution is 2.30. The molecule has 1 aliphatic rings. The molecule has 0 aromatic carbocycles. The number of hydrogen-bond donors (Lipinski definition) is 2. The second-order valence-electron chi connectivity index (χ2n) is 5.35. The molecule has 16 heavy (non-hydrogen) atoms. The van der Waals surface area contributed by atoms with Gasteiger partial charge in [0.25, 0.3) is 0 Å². The van der Waals surface area contributed by atoms with Crippen molar-refractivity contribution in [3.05, 3.63) is 0 Å². The Kier molecular flexibility index (Phi) is 5.81. The molecule has 1 fully saturated rings. The van der Waals surface area contributed by atoms with Crippen LogP contribution in [0.3, 0.4) is 0 Å². The van der Waals surface area contributed by atoms with Gasteiger partial charge < -0.3 is 10.8 Å². The second kappa shape index (κ2) is 6.89. The van der Waals surface area contributed by atoms with E-state index in [1.165, 1.54) is 38.5 Å². The van der Waals surface area contributed by atoms with Gasteiger partial charge in [-0.1, -0.05) is 39.0 Å². The van der Waals surface area contributed by atoms with Gasteiger partial charge in [0, 0.05) is 6.54 Å². The zero-order valence-electron chi connectivity index (χ0n) is 10.3. The Hall–Kier alpha value is -0.570. The summed E-state index contributed by atoms with van der Waals surface area (Å²) in [6.45, 7) is 2.44. The summed E-state index contributed by atoms with van der Waals surface area (Å²) in [5.74, 6) is 0.236. The smallest absolute Gasteiger partial charge is 0.307 e. The Bertz CT molecular complexity index is 212. The van der Waals surface area contributed by atoms with Gasteiger partial charge in [-0.05, 0) is 24.7 Å². The van der Waals surface area contributed by atoms with Crippen LogP contribution in [0.2, 0.25) is 0 Å². The molecule has 94 valence electrons. The molecule has 0 aromatic rings. The van der Waals surface area contributed by atoms with Crippen molar-refractivity contribution in [2.75, 3.05) is 6.54 Å². The summed E-state index contributed by atoms with van der Waals surface area (Å²) < 4.78 is 0. The molecule has 0 radical (unpaired) electrons. The first-order valence-electron chi connectivity index (χ1n) is 6.56. The highest BCUT2D eigenvalue weighted by Gasteiger charge is 2.22. The first kappa shape index (κ1) is 13.5. The number of carboxylic acids is 1. The van der Waals surface area contributed by atoms with E-state index in [1.807, 2.05) is 0 Å². The summed E-state index contributed by atoms with van der Waals surface area (Å²) in [7, 11) is 0. The maximum Gasteiger partial charge on any atom is 0.307 e. The van der Waals surface area contributed by atoms with E-state index in [0.717, 1.165) is 12.3 Å². The number of carboxylic acid groups (broad SMARTS) is 1. The third-order valence-electron chi connectivity index (χ3n) is 3.78. The highest BCUT2D eigenvalue weighted by atomic mass is 16.4. The molecular formula is C13H25NO2.